The Kier molecular flexibility index (Phi) is 4.45. The minimum absolute atomic E-state index is 0.120. The normalized spacial score (nSPS) is 17.9. The standard InChI is InChI=1S/C19H17FN4O2/c20-15-8-6-13(7-9-15)17-19(25)21-10-11-24(17)12-16-22-18(23-26-16)14-4-2-1-3-5-14/h1-9,17H,10-12H2,(H,21,25). The van der Waals surface area contributed by atoms with E-state index in [-0.39, 0.29) is 11.7 Å². The van der Waals surface area contributed by atoms with Gasteiger partial charge >= 0.3 is 0 Å². The van der Waals surface area contributed by atoms with Gasteiger partial charge in [-0.3, -0.25) is 9.69 Å². The van der Waals surface area contributed by atoms with Gasteiger partial charge in [0.25, 0.3) is 0 Å². The van der Waals surface area contributed by atoms with Crippen LogP contribution in [0, 0.1) is 5.82 Å². The maximum atomic E-state index is 13.2. The molecule has 132 valence electrons. The molecule has 2 heterocycles. The number of nitrogens with one attached hydrogen (secondary N) is 1. The first kappa shape index (κ1) is 16.4. The molecule has 1 atom stereocenters. The Bertz CT molecular complexity index is 895. The van der Waals surface area contributed by atoms with Crippen molar-refractivity contribution in [1.29, 1.82) is 0 Å². The van der Waals surface area contributed by atoms with Crippen LogP contribution in [-0.2, 0) is 11.3 Å². The van der Waals surface area contributed by atoms with E-state index in [4.69, 9.17) is 4.52 Å². The number of piperazine rings is 1. The third-order valence-electron chi connectivity index (χ3n) is 4.34. The minimum Gasteiger partial charge on any atom is -0.353 e. The molecule has 4 rings (SSSR count). The summed E-state index contributed by atoms with van der Waals surface area (Å²) in [6.07, 6.45) is 0. The molecule has 1 aliphatic heterocycles. The number of benzene rings is 2. The molecule has 0 saturated carbocycles. The number of hydrogen-bond donors (Lipinski definition) is 1. The molecule has 26 heavy (non-hydrogen) atoms. The van der Waals surface area contributed by atoms with Crippen LogP contribution in [-0.4, -0.2) is 34.0 Å². The highest BCUT2D eigenvalue weighted by molar-refractivity contribution is 5.83. The van der Waals surface area contributed by atoms with E-state index < -0.39 is 6.04 Å². The van der Waals surface area contributed by atoms with Gasteiger partial charge in [-0.05, 0) is 17.7 Å². The number of rotatable bonds is 4. The molecule has 0 bridgehead atoms. The van der Waals surface area contributed by atoms with Crippen molar-refractivity contribution >= 4 is 5.91 Å². The third kappa shape index (κ3) is 3.34. The number of aromatic nitrogens is 2. The van der Waals surface area contributed by atoms with Gasteiger partial charge < -0.3 is 9.84 Å². The molecule has 7 heteroatoms. The maximum Gasteiger partial charge on any atom is 0.242 e. The van der Waals surface area contributed by atoms with Crippen LogP contribution in [0.3, 0.4) is 0 Å². The summed E-state index contributed by atoms with van der Waals surface area (Å²) in [4.78, 5) is 18.8. The molecule has 2 aromatic carbocycles. The van der Waals surface area contributed by atoms with Gasteiger partial charge in [0.05, 0.1) is 6.54 Å². The Morgan fingerprint density at radius 1 is 1.15 bits per heavy atom. The smallest absolute Gasteiger partial charge is 0.242 e. The van der Waals surface area contributed by atoms with E-state index in [1.165, 1.54) is 12.1 Å². The van der Waals surface area contributed by atoms with Gasteiger partial charge in [0.2, 0.25) is 17.6 Å². The molecule has 1 fully saturated rings. The summed E-state index contributed by atoms with van der Waals surface area (Å²) in [7, 11) is 0. The Morgan fingerprint density at radius 2 is 1.92 bits per heavy atom. The lowest BCUT2D eigenvalue weighted by molar-refractivity contribution is -0.129. The number of carbonyl (C=O) groups is 1. The summed E-state index contributed by atoms with van der Waals surface area (Å²) < 4.78 is 18.6. The highest BCUT2D eigenvalue weighted by atomic mass is 19.1. The van der Waals surface area contributed by atoms with Gasteiger partial charge in [0.1, 0.15) is 11.9 Å². The lowest BCUT2D eigenvalue weighted by Crippen LogP contribution is -2.49. The largest absolute Gasteiger partial charge is 0.353 e. The summed E-state index contributed by atoms with van der Waals surface area (Å²) in [6, 6.07) is 15.0. The van der Waals surface area contributed by atoms with Crippen molar-refractivity contribution in [2.45, 2.75) is 12.6 Å². The minimum atomic E-state index is -0.517. The topological polar surface area (TPSA) is 71.3 Å². The van der Waals surface area contributed by atoms with Crippen molar-refractivity contribution in [3.05, 3.63) is 71.9 Å². The van der Waals surface area contributed by atoms with Crippen molar-refractivity contribution in [2.75, 3.05) is 13.1 Å². The highest BCUT2D eigenvalue weighted by Gasteiger charge is 2.32. The van der Waals surface area contributed by atoms with Crippen molar-refractivity contribution in [3.63, 3.8) is 0 Å². The second-order valence-electron chi connectivity index (χ2n) is 6.09. The molecule has 1 unspecified atom stereocenters. The fourth-order valence-electron chi connectivity index (χ4n) is 3.09. The van der Waals surface area contributed by atoms with E-state index in [1.807, 2.05) is 35.2 Å². The molecular formula is C19H17FN4O2. The first-order chi connectivity index (χ1) is 12.7. The van der Waals surface area contributed by atoms with Crippen molar-refractivity contribution in [2.24, 2.45) is 0 Å². The lowest BCUT2D eigenvalue weighted by Gasteiger charge is -2.34. The fourth-order valence-corrected chi connectivity index (χ4v) is 3.09. The van der Waals surface area contributed by atoms with Crippen LogP contribution in [0.2, 0.25) is 0 Å². The average molecular weight is 352 g/mol. The van der Waals surface area contributed by atoms with E-state index >= 15 is 0 Å². The van der Waals surface area contributed by atoms with Crippen molar-refractivity contribution in [3.8, 4) is 11.4 Å². The fraction of sp³-hybridized carbons (Fsp3) is 0.211. The molecule has 0 radical (unpaired) electrons. The number of hydrogen-bond acceptors (Lipinski definition) is 5. The van der Waals surface area contributed by atoms with E-state index in [1.54, 1.807) is 12.1 Å². The summed E-state index contributed by atoms with van der Waals surface area (Å²) in [5.74, 6) is 0.498. The molecule has 0 spiro atoms. The van der Waals surface area contributed by atoms with Crippen LogP contribution < -0.4 is 5.32 Å². The quantitative estimate of drug-likeness (QED) is 0.781. The average Bonchev–Trinajstić information content (AvgIpc) is 3.12. The predicted octanol–water partition coefficient (Wildman–Crippen LogP) is 2.55. The molecule has 6 nitrogen and oxygen atoms in total. The summed E-state index contributed by atoms with van der Waals surface area (Å²) in [6.45, 7) is 1.52. The maximum absolute atomic E-state index is 13.2. The second kappa shape index (κ2) is 7.05. The lowest BCUT2D eigenvalue weighted by atomic mass is 10.0. The Balaban J connectivity index is 1.56. The zero-order chi connectivity index (χ0) is 17.9. The zero-order valence-corrected chi connectivity index (χ0v) is 13.9. The number of nitrogens with zero attached hydrogens (tertiary/aromatic N) is 3. The molecule has 1 amide bonds. The van der Waals surface area contributed by atoms with E-state index in [0.717, 1.165) is 11.1 Å². The van der Waals surface area contributed by atoms with Crippen LogP contribution in [0.1, 0.15) is 17.5 Å². The number of carbonyl (C=O) groups excluding carboxylic acids is 1. The van der Waals surface area contributed by atoms with Gasteiger partial charge in [-0.25, -0.2) is 4.39 Å². The summed E-state index contributed by atoms with van der Waals surface area (Å²) >= 11 is 0. The van der Waals surface area contributed by atoms with Crippen LogP contribution in [0.25, 0.3) is 11.4 Å². The first-order valence-electron chi connectivity index (χ1n) is 8.36. The SMILES string of the molecule is O=C1NCCN(Cc2nc(-c3ccccc3)no2)C1c1ccc(F)cc1. The predicted molar refractivity (Wildman–Crippen MR) is 92.3 cm³/mol. The van der Waals surface area contributed by atoms with Crippen LogP contribution in [0.5, 0.6) is 0 Å². The highest BCUT2D eigenvalue weighted by Crippen LogP contribution is 2.25. The van der Waals surface area contributed by atoms with Crippen LogP contribution >= 0.6 is 0 Å². The number of amides is 1. The van der Waals surface area contributed by atoms with Gasteiger partial charge in [-0.15, -0.1) is 0 Å². The summed E-state index contributed by atoms with van der Waals surface area (Å²) in [5.41, 5.74) is 1.60. The third-order valence-corrected chi connectivity index (χ3v) is 4.34. The van der Waals surface area contributed by atoms with Crippen molar-refractivity contribution < 1.29 is 13.7 Å². The molecule has 1 N–H and O–H groups in total. The summed E-state index contributed by atoms with van der Waals surface area (Å²) in [5, 5.41) is 6.87. The molecule has 0 aliphatic carbocycles. The molecule has 1 aliphatic rings. The molecule has 1 aromatic heterocycles. The van der Waals surface area contributed by atoms with Crippen molar-refractivity contribution in [1.82, 2.24) is 20.4 Å². The number of halogens is 1. The van der Waals surface area contributed by atoms with Crippen LogP contribution in [0.4, 0.5) is 4.39 Å². The van der Waals surface area contributed by atoms with Crippen LogP contribution in [0.15, 0.2) is 59.1 Å². The Labute approximate surface area is 149 Å². The monoisotopic (exact) mass is 352 g/mol. The molecule has 1 saturated heterocycles. The second-order valence-corrected chi connectivity index (χ2v) is 6.09. The Morgan fingerprint density at radius 3 is 2.69 bits per heavy atom. The Hall–Kier alpha value is -3.06. The first-order valence-corrected chi connectivity index (χ1v) is 8.36. The van der Waals surface area contributed by atoms with E-state index in [2.05, 4.69) is 15.5 Å². The zero-order valence-electron chi connectivity index (χ0n) is 13.9. The molecular weight excluding hydrogens is 335 g/mol. The van der Waals surface area contributed by atoms with Gasteiger partial charge in [0, 0.05) is 18.7 Å². The van der Waals surface area contributed by atoms with E-state index in [0.29, 0.717) is 31.3 Å². The molecule has 3 aromatic rings. The van der Waals surface area contributed by atoms with Gasteiger partial charge in [-0.1, -0.05) is 47.6 Å². The van der Waals surface area contributed by atoms with E-state index in [9.17, 15) is 9.18 Å². The van der Waals surface area contributed by atoms with Gasteiger partial charge in [-0.2, -0.15) is 4.98 Å². The van der Waals surface area contributed by atoms with Gasteiger partial charge in [0.15, 0.2) is 0 Å².